The molecule has 126 valence electrons. The monoisotopic (exact) mass is 326 g/mol. The lowest BCUT2D eigenvalue weighted by Crippen LogP contribution is -2.19. The van der Waals surface area contributed by atoms with Gasteiger partial charge in [0.15, 0.2) is 0 Å². The third-order valence-electron chi connectivity index (χ3n) is 3.47. The highest BCUT2D eigenvalue weighted by Crippen LogP contribution is 2.19. The number of carbonyl (C=O) groups is 2. The van der Waals surface area contributed by atoms with Gasteiger partial charge in [0.25, 0.3) is 0 Å². The summed E-state index contributed by atoms with van der Waals surface area (Å²) >= 11 is 0. The molecule has 0 unspecified atom stereocenters. The molecule has 0 radical (unpaired) electrons. The van der Waals surface area contributed by atoms with Crippen molar-refractivity contribution in [1.82, 2.24) is 0 Å². The summed E-state index contributed by atoms with van der Waals surface area (Å²) in [6, 6.07) is 14.0. The van der Waals surface area contributed by atoms with Crippen LogP contribution < -0.4 is 10.6 Å². The van der Waals surface area contributed by atoms with Gasteiger partial charge in [0, 0.05) is 11.4 Å². The lowest BCUT2D eigenvalue weighted by molar-refractivity contribution is 0.0526. The Morgan fingerprint density at radius 2 is 1.67 bits per heavy atom. The third-order valence-corrected chi connectivity index (χ3v) is 3.47. The summed E-state index contributed by atoms with van der Waals surface area (Å²) < 4.78 is 4.92. The predicted molar refractivity (Wildman–Crippen MR) is 95.6 cm³/mol. The Balaban J connectivity index is 1.97. The predicted octanol–water partition coefficient (Wildman–Crippen LogP) is 4.63. The van der Waals surface area contributed by atoms with Crippen LogP contribution in [0.5, 0.6) is 0 Å². The van der Waals surface area contributed by atoms with E-state index in [4.69, 9.17) is 4.74 Å². The molecule has 2 N–H and O–H groups in total. The van der Waals surface area contributed by atoms with Crippen molar-refractivity contribution >= 4 is 23.4 Å². The molecule has 24 heavy (non-hydrogen) atoms. The van der Waals surface area contributed by atoms with Crippen molar-refractivity contribution in [3.8, 4) is 0 Å². The maximum absolute atomic E-state index is 12.1. The molecule has 2 amide bonds. The van der Waals surface area contributed by atoms with Crippen molar-refractivity contribution in [1.29, 1.82) is 0 Å². The third kappa shape index (κ3) is 4.84. The maximum atomic E-state index is 12.1. The van der Waals surface area contributed by atoms with Crippen molar-refractivity contribution in [3.05, 3.63) is 59.7 Å². The summed E-state index contributed by atoms with van der Waals surface area (Å²) in [6.45, 7) is 6.29. The molecule has 2 aromatic rings. The Labute approximate surface area is 142 Å². The van der Waals surface area contributed by atoms with Gasteiger partial charge in [-0.1, -0.05) is 26.0 Å². The number of hydrogen-bond acceptors (Lipinski definition) is 3. The second-order valence-corrected chi connectivity index (χ2v) is 5.66. The first kappa shape index (κ1) is 17.5. The molecule has 0 saturated carbocycles. The second-order valence-electron chi connectivity index (χ2n) is 5.66. The first-order valence-electron chi connectivity index (χ1n) is 7.94. The number of carbonyl (C=O) groups excluding carboxylic acids is 2. The zero-order valence-electron chi connectivity index (χ0n) is 14.1. The molecule has 0 aromatic heterocycles. The zero-order valence-corrected chi connectivity index (χ0v) is 14.1. The number of anilines is 2. The smallest absolute Gasteiger partial charge is 0.338 e. The van der Waals surface area contributed by atoms with E-state index in [0.29, 0.717) is 23.8 Å². The summed E-state index contributed by atoms with van der Waals surface area (Å²) in [5, 5.41) is 5.54. The van der Waals surface area contributed by atoms with E-state index in [0.717, 1.165) is 11.3 Å². The molecule has 2 aromatic carbocycles. The first-order valence-corrected chi connectivity index (χ1v) is 7.94. The number of nitrogens with one attached hydrogen (secondary N) is 2. The molecule has 0 aliphatic carbocycles. The summed E-state index contributed by atoms with van der Waals surface area (Å²) in [6.07, 6.45) is 0. The SMILES string of the molecule is CCOC(=O)c1ccc(NC(=O)Nc2cccc(C(C)C)c2)cc1. The Kier molecular flexibility index (Phi) is 5.95. The van der Waals surface area contributed by atoms with Gasteiger partial charge in [0.05, 0.1) is 12.2 Å². The quantitative estimate of drug-likeness (QED) is 0.787. The number of urea groups is 1. The summed E-state index contributed by atoms with van der Waals surface area (Å²) in [5.74, 6) is 0.0178. The molecular weight excluding hydrogens is 304 g/mol. The molecular formula is C19H22N2O3. The Bertz CT molecular complexity index is 709. The molecule has 2 rings (SSSR count). The second kappa shape index (κ2) is 8.15. The van der Waals surface area contributed by atoms with Crippen molar-refractivity contribution < 1.29 is 14.3 Å². The van der Waals surface area contributed by atoms with Gasteiger partial charge >= 0.3 is 12.0 Å². The fourth-order valence-corrected chi connectivity index (χ4v) is 2.17. The number of hydrogen-bond donors (Lipinski definition) is 2. The Morgan fingerprint density at radius 1 is 1.00 bits per heavy atom. The highest BCUT2D eigenvalue weighted by molar-refractivity contribution is 6.00. The molecule has 5 heteroatoms. The molecule has 0 heterocycles. The van der Waals surface area contributed by atoms with E-state index in [9.17, 15) is 9.59 Å². The summed E-state index contributed by atoms with van der Waals surface area (Å²) in [4.78, 5) is 23.7. The van der Waals surface area contributed by atoms with Crippen molar-refractivity contribution in [3.63, 3.8) is 0 Å². The van der Waals surface area contributed by atoms with Crippen LogP contribution in [0.2, 0.25) is 0 Å². The fraction of sp³-hybridized carbons (Fsp3) is 0.263. The number of esters is 1. The van der Waals surface area contributed by atoms with E-state index < -0.39 is 0 Å². The van der Waals surface area contributed by atoms with E-state index in [-0.39, 0.29) is 12.0 Å². The topological polar surface area (TPSA) is 67.4 Å². The number of ether oxygens (including phenoxy) is 1. The molecule has 0 aliphatic rings. The molecule has 5 nitrogen and oxygen atoms in total. The van der Waals surface area contributed by atoms with E-state index in [1.165, 1.54) is 0 Å². The normalized spacial score (nSPS) is 10.3. The van der Waals surface area contributed by atoms with Gasteiger partial charge in [0.2, 0.25) is 0 Å². The average molecular weight is 326 g/mol. The van der Waals surface area contributed by atoms with Crippen LogP contribution >= 0.6 is 0 Å². The highest BCUT2D eigenvalue weighted by Gasteiger charge is 2.08. The van der Waals surface area contributed by atoms with Gasteiger partial charge in [-0.05, 0) is 54.8 Å². The largest absolute Gasteiger partial charge is 0.462 e. The van der Waals surface area contributed by atoms with Gasteiger partial charge in [-0.2, -0.15) is 0 Å². The lowest BCUT2D eigenvalue weighted by Gasteiger charge is -2.11. The van der Waals surface area contributed by atoms with E-state index in [2.05, 4.69) is 24.5 Å². The Hall–Kier alpha value is -2.82. The van der Waals surface area contributed by atoms with Crippen molar-refractivity contribution in [2.45, 2.75) is 26.7 Å². The number of amides is 2. The minimum absolute atomic E-state index is 0.330. The van der Waals surface area contributed by atoms with Crippen LogP contribution in [-0.2, 0) is 4.74 Å². The number of rotatable bonds is 5. The summed E-state index contributed by atoms with van der Waals surface area (Å²) in [7, 11) is 0. The first-order chi connectivity index (χ1) is 11.5. The molecule has 0 atom stereocenters. The van der Waals surface area contributed by atoms with Gasteiger partial charge in [0.1, 0.15) is 0 Å². The van der Waals surface area contributed by atoms with Gasteiger partial charge in [-0.25, -0.2) is 9.59 Å². The maximum Gasteiger partial charge on any atom is 0.338 e. The number of benzene rings is 2. The van der Waals surface area contributed by atoms with Crippen LogP contribution in [-0.4, -0.2) is 18.6 Å². The van der Waals surface area contributed by atoms with Gasteiger partial charge in [-0.3, -0.25) is 0 Å². The standard InChI is InChI=1S/C19H22N2O3/c1-4-24-18(22)14-8-10-16(11-9-14)20-19(23)21-17-7-5-6-15(12-17)13(2)3/h5-13H,4H2,1-3H3,(H2,20,21,23). The molecule has 0 bridgehead atoms. The fourth-order valence-electron chi connectivity index (χ4n) is 2.17. The van der Waals surface area contributed by atoms with Crippen LogP contribution in [0.1, 0.15) is 42.6 Å². The van der Waals surface area contributed by atoms with E-state index in [1.54, 1.807) is 31.2 Å². The lowest BCUT2D eigenvalue weighted by atomic mass is 10.0. The Morgan fingerprint density at radius 3 is 2.29 bits per heavy atom. The van der Waals surface area contributed by atoms with Crippen LogP contribution in [0.25, 0.3) is 0 Å². The van der Waals surface area contributed by atoms with Crippen molar-refractivity contribution in [2.24, 2.45) is 0 Å². The van der Waals surface area contributed by atoms with Gasteiger partial charge < -0.3 is 15.4 Å². The van der Waals surface area contributed by atoms with Gasteiger partial charge in [-0.15, -0.1) is 0 Å². The van der Waals surface area contributed by atoms with Crippen LogP contribution in [0.3, 0.4) is 0 Å². The van der Waals surface area contributed by atoms with Crippen LogP contribution in [0, 0.1) is 0 Å². The van der Waals surface area contributed by atoms with Crippen LogP contribution in [0.4, 0.5) is 16.2 Å². The zero-order chi connectivity index (χ0) is 17.5. The summed E-state index contributed by atoms with van der Waals surface area (Å²) in [5.41, 5.74) is 2.95. The molecule has 0 aliphatic heterocycles. The van der Waals surface area contributed by atoms with Crippen LogP contribution in [0.15, 0.2) is 48.5 Å². The highest BCUT2D eigenvalue weighted by atomic mass is 16.5. The molecule has 0 saturated heterocycles. The minimum atomic E-state index is -0.376. The molecule has 0 spiro atoms. The van der Waals surface area contributed by atoms with E-state index in [1.807, 2.05) is 24.3 Å². The minimum Gasteiger partial charge on any atom is -0.462 e. The van der Waals surface area contributed by atoms with Crippen molar-refractivity contribution in [2.75, 3.05) is 17.2 Å². The molecule has 0 fully saturated rings. The van der Waals surface area contributed by atoms with E-state index >= 15 is 0 Å². The average Bonchev–Trinajstić information content (AvgIpc) is 2.55.